The minimum atomic E-state index is -4.61. The van der Waals surface area contributed by atoms with E-state index in [0.717, 1.165) is 19.3 Å². The van der Waals surface area contributed by atoms with Gasteiger partial charge in [-0.2, -0.15) is 8.42 Å². The van der Waals surface area contributed by atoms with E-state index in [2.05, 4.69) is 11.1 Å². The monoisotopic (exact) mass is 352 g/mol. The molecule has 0 radical (unpaired) electrons. The second-order valence-electron chi connectivity index (χ2n) is 5.89. The van der Waals surface area contributed by atoms with Crippen LogP contribution in [0.2, 0.25) is 0 Å². The summed E-state index contributed by atoms with van der Waals surface area (Å²) >= 11 is 0. The zero-order chi connectivity index (χ0) is 17.6. The summed E-state index contributed by atoms with van der Waals surface area (Å²) in [6.07, 6.45) is 11.9. The van der Waals surface area contributed by atoms with Gasteiger partial charge in [0.15, 0.2) is 0 Å². The van der Waals surface area contributed by atoms with Gasteiger partial charge in [0.05, 0.1) is 0 Å². The molecule has 0 aliphatic carbocycles. The normalized spacial score (nSPS) is 13.0. The summed E-state index contributed by atoms with van der Waals surface area (Å²) in [6.45, 7) is 3.38. The number of unbranched alkanes of at least 4 members (excludes halogenated alkanes) is 10. The molecule has 0 aromatic heterocycles. The van der Waals surface area contributed by atoms with E-state index < -0.39 is 22.7 Å². The number of hydrogen-bond acceptors (Lipinski definition) is 5. The van der Waals surface area contributed by atoms with Crippen LogP contribution in [0, 0.1) is 0 Å². The second-order valence-corrected chi connectivity index (χ2v) is 6.94. The summed E-state index contributed by atoms with van der Waals surface area (Å²) in [5, 5.41) is 0. The van der Waals surface area contributed by atoms with Gasteiger partial charge in [-0.25, -0.2) is 4.18 Å². The van der Waals surface area contributed by atoms with Crippen LogP contribution in [0.5, 0.6) is 0 Å². The van der Waals surface area contributed by atoms with Crippen molar-refractivity contribution in [3.8, 4) is 0 Å². The highest BCUT2D eigenvalue weighted by molar-refractivity contribution is 7.80. The van der Waals surface area contributed by atoms with Crippen molar-refractivity contribution in [3.63, 3.8) is 0 Å². The first-order valence-corrected chi connectivity index (χ1v) is 10.0. The summed E-state index contributed by atoms with van der Waals surface area (Å²) < 4.78 is 39.0. The molecule has 7 heteroatoms. The molecule has 0 aliphatic heterocycles. The maximum absolute atomic E-state index is 10.9. The van der Waals surface area contributed by atoms with Crippen LogP contribution in [0.3, 0.4) is 0 Å². The third-order valence-electron chi connectivity index (χ3n) is 3.57. The Morgan fingerprint density at radius 3 is 1.74 bits per heavy atom. The first-order valence-electron chi connectivity index (χ1n) is 8.68. The average molecular weight is 352 g/mol. The van der Waals surface area contributed by atoms with E-state index >= 15 is 0 Å². The molecule has 1 atom stereocenters. The lowest BCUT2D eigenvalue weighted by molar-refractivity contribution is -0.161. The molecule has 0 saturated carbocycles. The molecule has 0 bridgehead atoms. The van der Waals surface area contributed by atoms with Crippen molar-refractivity contribution in [3.05, 3.63) is 0 Å². The van der Waals surface area contributed by atoms with Crippen molar-refractivity contribution >= 4 is 16.4 Å². The predicted molar refractivity (Wildman–Crippen MR) is 89.3 cm³/mol. The molecule has 0 fully saturated rings. The topological polar surface area (TPSA) is 89.9 Å². The van der Waals surface area contributed by atoms with E-state index in [1.54, 1.807) is 0 Å². The molecular weight excluding hydrogens is 320 g/mol. The molecule has 0 aromatic carbocycles. The van der Waals surface area contributed by atoms with Gasteiger partial charge in [-0.3, -0.25) is 9.35 Å². The maximum Gasteiger partial charge on any atom is 0.400 e. The molecule has 0 spiro atoms. The predicted octanol–water partition coefficient (Wildman–Crippen LogP) is 4.40. The highest BCUT2D eigenvalue weighted by atomic mass is 32.3. The van der Waals surface area contributed by atoms with Gasteiger partial charge in [-0.1, -0.05) is 71.1 Å². The van der Waals surface area contributed by atoms with Gasteiger partial charge in [0.1, 0.15) is 0 Å². The number of ether oxygens (including phenoxy) is 1. The Morgan fingerprint density at radius 2 is 1.35 bits per heavy atom. The fourth-order valence-electron chi connectivity index (χ4n) is 2.42. The number of carbonyl (C=O) groups excluding carboxylic acids is 1. The van der Waals surface area contributed by atoms with Crippen molar-refractivity contribution < 1.29 is 26.7 Å². The molecular formula is C16H32O6S. The van der Waals surface area contributed by atoms with Crippen molar-refractivity contribution in [2.45, 2.75) is 97.2 Å². The van der Waals surface area contributed by atoms with Crippen molar-refractivity contribution in [2.75, 3.05) is 0 Å². The average Bonchev–Trinajstić information content (AvgIpc) is 2.42. The smallest absolute Gasteiger partial charge is 0.400 e. The van der Waals surface area contributed by atoms with Gasteiger partial charge in [0, 0.05) is 13.3 Å². The van der Waals surface area contributed by atoms with Gasteiger partial charge in [-0.05, 0) is 6.42 Å². The lowest BCUT2D eigenvalue weighted by Crippen LogP contribution is -2.23. The number of carbonyl (C=O) groups is 1. The molecule has 6 nitrogen and oxygen atoms in total. The highest BCUT2D eigenvalue weighted by Gasteiger charge is 2.19. The van der Waals surface area contributed by atoms with Gasteiger partial charge in [-0.15, -0.1) is 0 Å². The zero-order valence-corrected chi connectivity index (χ0v) is 15.3. The van der Waals surface area contributed by atoms with Crippen LogP contribution in [-0.2, 0) is 24.1 Å². The molecule has 0 rings (SSSR count). The van der Waals surface area contributed by atoms with Gasteiger partial charge in [0.25, 0.3) is 0 Å². The Hall–Kier alpha value is -0.660. The molecule has 138 valence electrons. The Bertz CT molecular complexity index is 393. The summed E-state index contributed by atoms with van der Waals surface area (Å²) in [6, 6.07) is 0. The highest BCUT2D eigenvalue weighted by Crippen LogP contribution is 2.14. The Morgan fingerprint density at radius 1 is 0.913 bits per heavy atom. The Kier molecular flexibility index (Phi) is 13.4. The number of hydrogen-bond donors (Lipinski definition) is 1. The van der Waals surface area contributed by atoms with Crippen molar-refractivity contribution in [1.82, 2.24) is 0 Å². The SMILES string of the molecule is CCCCCCCCCCCCCC(OC(C)=O)OS(=O)(=O)O. The van der Waals surface area contributed by atoms with Crippen LogP contribution in [0.15, 0.2) is 0 Å². The van der Waals surface area contributed by atoms with Crippen LogP contribution < -0.4 is 0 Å². The Balaban J connectivity index is 3.60. The summed E-state index contributed by atoms with van der Waals surface area (Å²) in [4.78, 5) is 10.9. The fourth-order valence-corrected chi connectivity index (χ4v) is 2.83. The van der Waals surface area contributed by atoms with Crippen LogP contribution in [-0.4, -0.2) is 25.2 Å². The van der Waals surface area contributed by atoms with Gasteiger partial charge < -0.3 is 4.74 Å². The number of esters is 1. The lowest BCUT2D eigenvalue weighted by Gasteiger charge is -2.14. The largest absolute Gasteiger partial charge is 0.435 e. The lowest BCUT2D eigenvalue weighted by atomic mass is 10.1. The first kappa shape index (κ1) is 22.3. The van der Waals surface area contributed by atoms with Crippen molar-refractivity contribution in [1.29, 1.82) is 0 Å². The van der Waals surface area contributed by atoms with E-state index in [1.807, 2.05) is 0 Å². The minimum absolute atomic E-state index is 0.260. The van der Waals surface area contributed by atoms with E-state index in [1.165, 1.54) is 51.9 Å². The summed E-state index contributed by atoms with van der Waals surface area (Å²) in [7, 11) is -4.61. The zero-order valence-electron chi connectivity index (χ0n) is 14.5. The van der Waals surface area contributed by atoms with Crippen LogP contribution in [0.1, 0.15) is 90.9 Å². The fraction of sp³-hybridized carbons (Fsp3) is 0.938. The van der Waals surface area contributed by atoms with Gasteiger partial charge in [0.2, 0.25) is 6.29 Å². The van der Waals surface area contributed by atoms with E-state index in [9.17, 15) is 13.2 Å². The molecule has 0 amide bonds. The molecule has 0 saturated heterocycles. The Labute approximate surface area is 140 Å². The van der Waals surface area contributed by atoms with Crippen LogP contribution in [0.25, 0.3) is 0 Å². The number of rotatable bonds is 15. The van der Waals surface area contributed by atoms with E-state index in [0.29, 0.717) is 6.42 Å². The van der Waals surface area contributed by atoms with E-state index in [4.69, 9.17) is 9.29 Å². The van der Waals surface area contributed by atoms with Gasteiger partial charge >= 0.3 is 16.4 Å². The molecule has 0 aromatic rings. The maximum atomic E-state index is 10.9. The second kappa shape index (κ2) is 13.7. The minimum Gasteiger partial charge on any atom is -0.435 e. The van der Waals surface area contributed by atoms with E-state index in [-0.39, 0.29) is 6.42 Å². The molecule has 23 heavy (non-hydrogen) atoms. The first-order chi connectivity index (χ1) is 10.8. The summed E-state index contributed by atoms with van der Waals surface area (Å²) in [5.41, 5.74) is 0. The molecule has 1 N–H and O–H groups in total. The summed E-state index contributed by atoms with van der Waals surface area (Å²) in [5.74, 6) is -0.637. The third-order valence-corrected chi connectivity index (χ3v) is 4.03. The molecule has 1 unspecified atom stereocenters. The third kappa shape index (κ3) is 17.5. The standard InChI is InChI=1S/C16H32O6S/c1-3-4-5-6-7-8-9-10-11-12-13-14-16(21-15(2)17)22-23(18,19)20/h16H,3-14H2,1-2H3,(H,18,19,20). The van der Waals surface area contributed by atoms with Crippen LogP contribution in [0.4, 0.5) is 0 Å². The molecule has 0 heterocycles. The quantitative estimate of drug-likeness (QED) is 0.203. The molecule has 0 aliphatic rings. The van der Waals surface area contributed by atoms with Crippen LogP contribution >= 0.6 is 0 Å². The van der Waals surface area contributed by atoms with Crippen molar-refractivity contribution in [2.24, 2.45) is 0 Å².